The van der Waals surface area contributed by atoms with Crippen molar-refractivity contribution in [3.63, 3.8) is 0 Å². The Hall–Kier alpha value is -1.16. The van der Waals surface area contributed by atoms with Gasteiger partial charge in [-0.2, -0.15) is 0 Å². The Kier molecular flexibility index (Phi) is 2.38. The molecule has 0 aliphatic carbocycles. The number of carbonyl (C=O) groups is 1. The first-order chi connectivity index (χ1) is 5.18. The molecule has 58 valence electrons. The molecule has 0 aromatic carbocycles. The van der Waals surface area contributed by atoms with Gasteiger partial charge in [-0.05, 0) is 11.6 Å². The number of nitrogens with zero attached hydrogens (tertiary/aromatic N) is 2. The molecule has 0 N–H and O–H groups in total. The molecule has 4 nitrogen and oxygen atoms in total. The van der Waals surface area contributed by atoms with E-state index in [0.29, 0.717) is 5.75 Å². The maximum Gasteiger partial charge on any atom is 0.308 e. The lowest BCUT2D eigenvalue weighted by atomic mass is 10.6. The number of aromatic nitrogens is 2. The van der Waals surface area contributed by atoms with Crippen LogP contribution in [0, 0.1) is 0 Å². The maximum atomic E-state index is 10.4. The number of hydrogen-bond acceptors (Lipinski definition) is 4. The Morgan fingerprint density at radius 1 is 1.55 bits per heavy atom. The first-order valence-electron chi connectivity index (χ1n) is 2.84. The van der Waals surface area contributed by atoms with Crippen LogP contribution in [0.15, 0.2) is 12.4 Å². The van der Waals surface area contributed by atoms with Gasteiger partial charge >= 0.3 is 5.97 Å². The summed E-state index contributed by atoms with van der Waals surface area (Å²) in [6.07, 6.45) is 2.66. The van der Waals surface area contributed by atoms with Gasteiger partial charge in [0.15, 0.2) is 5.75 Å². The molecule has 1 aromatic heterocycles. The number of rotatable bonds is 1. The Balaban J connectivity index is 2.74. The average Bonchev–Trinajstić information content (AvgIpc) is 1.93. The zero-order valence-corrected chi connectivity index (χ0v) is 6.50. The van der Waals surface area contributed by atoms with Crippen LogP contribution in [0.4, 0.5) is 0 Å². The van der Waals surface area contributed by atoms with E-state index in [0.717, 1.165) is 0 Å². The van der Waals surface area contributed by atoms with Crippen LogP contribution in [0.1, 0.15) is 6.92 Å². The van der Waals surface area contributed by atoms with E-state index >= 15 is 0 Å². The number of esters is 1. The van der Waals surface area contributed by atoms with Crippen LogP contribution >= 0.6 is 11.6 Å². The van der Waals surface area contributed by atoms with Crippen molar-refractivity contribution in [3.05, 3.63) is 17.7 Å². The predicted octanol–water partition coefficient (Wildman–Crippen LogP) is 1.06. The van der Waals surface area contributed by atoms with Crippen molar-refractivity contribution >= 4 is 17.6 Å². The summed E-state index contributed by atoms with van der Waals surface area (Å²) in [4.78, 5) is 17.6. The van der Waals surface area contributed by atoms with Crippen molar-refractivity contribution in [2.75, 3.05) is 0 Å². The third-order valence-corrected chi connectivity index (χ3v) is 1.05. The summed E-state index contributed by atoms with van der Waals surface area (Å²) in [7, 11) is 0. The number of halogens is 1. The van der Waals surface area contributed by atoms with Crippen molar-refractivity contribution in [1.29, 1.82) is 0 Å². The lowest BCUT2D eigenvalue weighted by Gasteiger charge is -1.97. The van der Waals surface area contributed by atoms with E-state index in [4.69, 9.17) is 11.6 Å². The van der Waals surface area contributed by atoms with E-state index in [1.807, 2.05) is 0 Å². The third kappa shape index (κ3) is 2.51. The monoisotopic (exact) mass is 172 g/mol. The van der Waals surface area contributed by atoms with E-state index in [1.54, 1.807) is 0 Å². The van der Waals surface area contributed by atoms with Gasteiger partial charge in [-0.1, -0.05) is 0 Å². The molecule has 0 aliphatic rings. The molecule has 0 aliphatic heterocycles. The molecule has 1 aromatic rings. The molecule has 0 saturated heterocycles. The fourth-order valence-corrected chi connectivity index (χ4v) is 0.617. The highest BCUT2D eigenvalue weighted by Crippen LogP contribution is 2.08. The quantitative estimate of drug-likeness (QED) is 0.470. The Labute approximate surface area is 68.2 Å². The minimum absolute atomic E-state index is 0.126. The van der Waals surface area contributed by atoms with Crippen LogP contribution in [0.25, 0.3) is 0 Å². The minimum Gasteiger partial charge on any atom is -0.423 e. The van der Waals surface area contributed by atoms with Crippen LogP contribution in [0.3, 0.4) is 0 Å². The highest BCUT2D eigenvalue weighted by Gasteiger charge is 1.97. The predicted molar refractivity (Wildman–Crippen MR) is 38.4 cm³/mol. The largest absolute Gasteiger partial charge is 0.423 e. The van der Waals surface area contributed by atoms with Gasteiger partial charge < -0.3 is 4.74 Å². The van der Waals surface area contributed by atoms with E-state index in [1.165, 1.54) is 19.3 Å². The molecule has 0 spiro atoms. The van der Waals surface area contributed by atoms with E-state index < -0.39 is 5.97 Å². The molecule has 5 heteroatoms. The van der Waals surface area contributed by atoms with Crippen molar-refractivity contribution in [2.45, 2.75) is 6.92 Å². The fraction of sp³-hybridized carbons (Fsp3) is 0.167. The molecule has 11 heavy (non-hydrogen) atoms. The molecule has 0 radical (unpaired) electrons. The van der Waals surface area contributed by atoms with E-state index in [-0.39, 0.29) is 5.28 Å². The van der Waals surface area contributed by atoms with Crippen LogP contribution in [-0.4, -0.2) is 15.9 Å². The Morgan fingerprint density at radius 2 is 2.09 bits per heavy atom. The topological polar surface area (TPSA) is 52.1 Å². The smallest absolute Gasteiger partial charge is 0.308 e. The molecule has 1 heterocycles. The van der Waals surface area contributed by atoms with Crippen LogP contribution < -0.4 is 4.74 Å². The summed E-state index contributed by atoms with van der Waals surface area (Å²) in [5.41, 5.74) is 0. The zero-order chi connectivity index (χ0) is 8.27. The number of hydrogen-bond donors (Lipinski definition) is 0. The van der Waals surface area contributed by atoms with Gasteiger partial charge in [-0.3, -0.25) is 4.79 Å². The number of ether oxygens (including phenoxy) is 1. The standard InChI is InChI=1S/C6H5ClN2O2/c1-4(10)11-5-2-8-6(7)9-3-5/h2-3H,1H3. The molecule has 0 amide bonds. The molecule has 0 bridgehead atoms. The lowest BCUT2D eigenvalue weighted by molar-refractivity contribution is -0.131. The van der Waals surface area contributed by atoms with Crippen molar-refractivity contribution in [3.8, 4) is 5.75 Å². The van der Waals surface area contributed by atoms with Gasteiger partial charge in [-0.15, -0.1) is 0 Å². The van der Waals surface area contributed by atoms with Crippen LogP contribution in [0.2, 0.25) is 5.28 Å². The van der Waals surface area contributed by atoms with Gasteiger partial charge in [-0.25, -0.2) is 9.97 Å². The second kappa shape index (κ2) is 3.30. The van der Waals surface area contributed by atoms with Crippen LogP contribution in [0.5, 0.6) is 5.75 Å². The second-order valence-electron chi connectivity index (χ2n) is 1.78. The summed E-state index contributed by atoms with van der Waals surface area (Å²) in [5.74, 6) is -0.113. The summed E-state index contributed by atoms with van der Waals surface area (Å²) < 4.78 is 4.65. The molecular weight excluding hydrogens is 168 g/mol. The molecule has 0 saturated carbocycles. The zero-order valence-electron chi connectivity index (χ0n) is 5.74. The first-order valence-corrected chi connectivity index (χ1v) is 3.22. The second-order valence-corrected chi connectivity index (χ2v) is 2.12. The Bertz CT molecular complexity index is 260. The van der Waals surface area contributed by atoms with Gasteiger partial charge in [0.25, 0.3) is 0 Å². The van der Waals surface area contributed by atoms with Crippen molar-refractivity contribution < 1.29 is 9.53 Å². The van der Waals surface area contributed by atoms with Gasteiger partial charge in [0.2, 0.25) is 5.28 Å². The summed E-state index contributed by atoms with van der Waals surface area (Å²) in [6.45, 7) is 1.30. The van der Waals surface area contributed by atoms with Crippen molar-refractivity contribution in [2.24, 2.45) is 0 Å². The molecular formula is C6H5ClN2O2. The van der Waals surface area contributed by atoms with Crippen molar-refractivity contribution in [1.82, 2.24) is 9.97 Å². The highest BCUT2D eigenvalue weighted by molar-refractivity contribution is 6.28. The Morgan fingerprint density at radius 3 is 2.55 bits per heavy atom. The van der Waals surface area contributed by atoms with E-state index in [2.05, 4.69) is 14.7 Å². The molecule has 1 rings (SSSR count). The van der Waals surface area contributed by atoms with E-state index in [9.17, 15) is 4.79 Å². The van der Waals surface area contributed by atoms with Crippen LogP contribution in [-0.2, 0) is 4.79 Å². The fourth-order valence-electron chi connectivity index (χ4n) is 0.519. The van der Waals surface area contributed by atoms with Gasteiger partial charge in [0, 0.05) is 6.92 Å². The van der Waals surface area contributed by atoms with Gasteiger partial charge in [0.05, 0.1) is 12.4 Å². The average molecular weight is 173 g/mol. The van der Waals surface area contributed by atoms with Gasteiger partial charge in [0.1, 0.15) is 0 Å². The minimum atomic E-state index is -0.407. The summed E-state index contributed by atoms with van der Waals surface area (Å²) >= 11 is 5.39. The molecule has 0 fully saturated rings. The SMILES string of the molecule is CC(=O)Oc1cnc(Cl)nc1. The normalized spacial score (nSPS) is 9.27. The molecule has 0 atom stereocenters. The maximum absolute atomic E-state index is 10.4. The molecule has 0 unspecified atom stereocenters. The lowest BCUT2D eigenvalue weighted by Crippen LogP contribution is -2.01. The summed E-state index contributed by atoms with van der Waals surface area (Å²) in [5, 5.41) is 0.126. The first kappa shape index (κ1) is 7.94. The third-order valence-electron chi connectivity index (χ3n) is 0.858. The highest BCUT2D eigenvalue weighted by atomic mass is 35.5. The number of carbonyl (C=O) groups excluding carboxylic acids is 1. The summed E-state index contributed by atoms with van der Waals surface area (Å²) in [6, 6.07) is 0.